The van der Waals surface area contributed by atoms with Crippen LogP contribution in [0.15, 0.2) is 52.3 Å². The molecule has 0 radical (unpaired) electrons. The fourth-order valence-electron chi connectivity index (χ4n) is 2.99. The Morgan fingerprint density at radius 3 is 2.81 bits per heavy atom. The summed E-state index contributed by atoms with van der Waals surface area (Å²) in [5.74, 6) is 0.178. The Hall–Kier alpha value is -2.43. The van der Waals surface area contributed by atoms with E-state index in [2.05, 4.69) is 27.2 Å². The van der Waals surface area contributed by atoms with Gasteiger partial charge in [0, 0.05) is 37.0 Å². The van der Waals surface area contributed by atoms with Gasteiger partial charge in [0.1, 0.15) is 6.04 Å². The van der Waals surface area contributed by atoms with E-state index in [-0.39, 0.29) is 11.9 Å². The average molecular weight is 280 g/mol. The quantitative estimate of drug-likeness (QED) is 0.829. The van der Waals surface area contributed by atoms with Gasteiger partial charge in [0.05, 0.1) is 11.9 Å². The van der Waals surface area contributed by atoms with Crippen LogP contribution in [0.2, 0.25) is 0 Å². The van der Waals surface area contributed by atoms with Crippen molar-refractivity contribution in [2.75, 3.05) is 18.0 Å². The maximum Gasteiger partial charge on any atom is 0.249 e. The number of carbonyl (C=O) groups is 1. The minimum atomic E-state index is -0.0407. The third kappa shape index (κ3) is 2.05. The summed E-state index contributed by atoms with van der Waals surface area (Å²) >= 11 is 0. The smallest absolute Gasteiger partial charge is 0.249 e. The fraction of sp³-hybridized carbons (Fsp3) is 0.312. The molecule has 3 aliphatic heterocycles. The predicted octanol–water partition coefficient (Wildman–Crippen LogP) is 1.82. The van der Waals surface area contributed by atoms with Crippen LogP contribution in [-0.4, -0.2) is 41.9 Å². The first-order valence-corrected chi connectivity index (χ1v) is 7.27. The van der Waals surface area contributed by atoms with Gasteiger partial charge in [0.15, 0.2) is 0 Å². The van der Waals surface area contributed by atoms with Gasteiger partial charge in [-0.1, -0.05) is 18.2 Å². The Morgan fingerprint density at radius 1 is 1.19 bits per heavy atom. The molecule has 1 unspecified atom stereocenters. The van der Waals surface area contributed by atoms with Gasteiger partial charge in [-0.3, -0.25) is 4.79 Å². The highest BCUT2D eigenvalue weighted by Crippen LogP contribution is 2.28. The molecule has 1 saturated heterocycles. The van der Waals surface area contributed by atoms with E-state index in [0.717, 1.165) is 36.4 Å². The first-order valence-electron chi connectivity index (χ1n) is 7.27. The van der Waals surface area contributed by atoms with Crippen LogP contribution in [0.4, 0.5) is 5.69 Å². The standard InChI is InChI=1S/C16H16N4O/c21-16(19-8-6-14-12(11-19)10-17-18-14)15-7-9-20(15)13-4-2-1-3-5-13/h1-5,10-11,15H,6-9H2. The van der Waals surface area contributed by atoms with Crippen LogP contribution in [0.5, 0.6) is 0 Å². The van der Waals surface area contributed by atoms with Gasteiger partial charge in [-0.25, -0.2) is 0 Å². The lowest BCUT2D eigenvalue weighted by molar-refractivity contribution is -0.131. The lowest BCUT2D eigenvalue weighted by atomic mass is 9.98. The molecule has 106 valence electrons. The van der Waals surface area contributed by atoms with Crippen LogP contribution in [-0.2, 0) is 4.79 Å². The summed E-state index contributed by atoms with van der Waals surface area (Å²) in [6.07, 6.45) is 5.32. The van der Waals surface area contributed by atoms with Crippen molar-refractivity contribution in [1.29, 1.82) is 0 Å². The van der Waals surface area contributed by atoms with E-state index >= 15 is 0 Å². The largest absolute Gasteiger partial charge is 0.359 e. The summed E-state index contributed by atoms with van der Waals surface area (Å²) in [6, 6.07) is 10.1. The molecular formula is C16H16N4O. The minimum Gasteiger partial charge on any atom is -0.359 e. The molecular weight excluding hydrogens is 264 g/mol. The minimum absolute atomic E-state index is 0.0407. The molecule has 5 nitrogen and oxygen atoms in total. The first-order chi connectivity index (χ1) is 10.3. The number of fused-ring (bicyclic) bond motifs is 1. The van der Waals surface area contributed by atoms with E-state index in [1.165, 1.54) is 0 Å². The van der Waals surface area contributed by atoms with E-state index in [1.807, 2.05) is 29.3 Å². The highest BCUT2D eigenvalue weighted by Gasteiger charge is 2.37. The van der Waals surface area contributed by atoms with Crippen LogP contribution in [0.3, 0.4) is 0 Å². The monoisotopic (exact) mass is 280 g/mol. The molecule has 1 fully saturated rings. The maximum absolute atomic E-state index is 12.7. The summed E-state index contributed by atoms with van der Waals surface area (Å²) < 4.78 is 0. The van der Waals surface area contributed by atoms with E-state index in [9.17, 15) is 4.79 Å². The van der Waals surface area contributed by atoms with Gasteiger partial charge < -0.3 is 9.80 Å². The molecule has 5 heteroatoms. The summed E-state index contributed by atoms with van der Waals surface area (Å²) in [5.41, 5.74) is 3.09. The Labute approximate surface area is 123 Å². The number of rotatable bonds is 2. The Morgan fingerprint density at radius 2 is 2.05 bits per heavy atom. The predicted molar refractivity (Wildman–Crippen MR) is 82.5 cm³/mol. The fourth-order valence-corrected chi connectivity index (χ4v) is 2.99. The third-order valence-electron chi connectivity index (χ3n) is 4.27. The maximum atomic E-state index is 12.7. The van der Waals surface area contributed by atoms with Gasteiger partial charge in [0.25, 0.3) is 0 Å². The lowest BCUT2D eigenvalue weighted by Gasteiger charge is -2.43. The van der Waals surface area contributed by atoms with Crippen molar-refractivity contribution >= 4 is 23.5 Å². The SMILES string of the molecule is O=C(C1CCN1c1ccccc1)N1C=C2C=NN=C2CC1. The van der Waals surface area contributed by atoms with E-state index in [0.29, 0.717) is 6.54 Å². The summed E-state index contributed by atoms with van der Waals surface area (Å²) in [7, 11) is 0. The summed E-state index contributed by atoms with van der Waals surface area (Å²) in [6.45, 7) is 1.64. The first kappa shape index (κ1) is 12.3. The molecule has 1 atom stereocenters. The van der Waals surface area contributed by atoms with Gasteiger partial charge in [-0.05, 0) is 18.6 Å². The van der Waals surface area contributed by atoms with Gasteiger partial charge >= 0.3 is 0 Å². The van der Waals surface area contributed by atoms with Crippen LogP contribution in [0.25, 0.3) is 0 Å². The van der Waals surface area contributed by atoms with Crippen molar-refractivity contribution in [3.05, 3.63) is 42.1 Å². The third-order valence-corrected chi connectivity index (χ3v) is 4.27. The number of nitrogens with zero attached hydrogens (tertiary/aromatic N) is 4. The van der Waals surface area contributed by atoms with Crippen molar-refractivity contribution in [3.63, 3.8) is 0 Å². The zero-order chi connectivity index (χ0) is 14.2. The number of amides is 1. The van der Waals surface area contributed by atoms with Gasteiger partial charge in [0.2, 0.25) is 5.91 Å². The second-order valence-corrected chi connectivity index (χ2v) is 5.49. The van der Waals surface area contributed by atoms with Crippen LogP contribution in [0.1, 0.15) is 12.8 Å². The molecule has 0 saturated carbocycles. The molecule has 1 amide bonds. The Kier molecular flexibility index (Phi) is 2.84. The molecule has 0 N–H and O–H groups in total. The summed E-state index contributed by atoms with van der Waals surface area (Å²) in [5, 5.41) is 7.97. The number of anilines is 1. The second kappa shape index (κ2) is 4.84. The van der Waals surface area contributed by atoms with Crippen molar-refractivity contribution in [2.24, 2.45) is 10.2 Å². The molecule has 4 rings (SSSR count). The normalized spacial score (nSPS) is 23.3. The molecule has 3 aliphatic rings. The Bertz CT molecular complexity index is 662. The van der Waals surface area contributed by atoms with Crippen LogP contribution >= 0.6 is 0 Å². The van der Waals surface area contributed by atoms with Crippen molar-refractivity contribution < 1.29 is 4.79 Å². The zero-order valence-electron chi connectivity index (χ0n) is 11.6. The molecule has 0 aromatic heterocycles. The lowest BCUT2D eigenvalue weighted by Crippen LogP contribution is -2.57. The topological polar surface area (TPSA) is 48.3 Å². The highest BCUT2D eigenvalue weighted by atomic mass is 16.2. The number of carbonyl (C=O) groups excluding carboxylic acids is 1. The number of hydrogen-bond acceptors (Lipinski definition) is 4. The van der Waals surface area contributed by atoms with Crippen LogP contribution < -0.4 is 4.90 Å². The van der Waals surface area contributed by atoms with Gasteiger partial charge in [-0.2, -0.15) is 10.2 Å². The molecule has 21 heavy (non-hydrogen) atoms. The Balaban J connectivity index is 1.52. The van der Waals surface area contributed by atoms with Crippen molar-refractivity contribution in [3.8, 4) is 0 Å². The van der Waals surface area contributed by atoms with E-state index in [1.54, 1.807) is 6.21 Å². The molecule has 0 spiro atoms. The van der Waals surface area contributed by atoms with Crippen LogP contribution in [0, 0.1) is 0 Å². The molecule has 3 heterocycles. The average Bonchev–Trinajstić information content (AvgIpc) is 2.94. The number of allylic oxidation sites excluding steroid dienone is 1. The van der Waals surface area contributed by atoms with Crippen molar-refractivity contribution in [1.82, 2.24) is 4.90 Å². The number of benzene rings is 1. The summed E-state index contributed by atoms with van der Waals surface area (Å²) in [4.78, 5) is 16.7. The second-order valence-electron chi connectivity index (χ2n) is 5.49. The molecule has 0 bridgehead atoms. The molecule has 1 aromatic rings. The molecule has 0 aliphatic carbocycles. The van der Waals surface area contributed by atoms with E-state index < -0.39 is 0 Å². The number of para-hydroxylation sites is 1. The van der Waals surface area contributed by atoms with E-state index in [4.69, 9.17) is 0 Å². The number of hydrogen-bond donors (Lipinski definition) is 0. The zero-order valence-corrected chi connectivity index (χ0v) is 11.6. The highest BCUT2D eigenvalue weighted by molar-refractivity contribution is 6.19. The van der Waals surface area contributed by atoms with Gasteiger partial charge in [-0.15, -0.1) is 0 Å². The van der Waals surface area contributed by atoms with Crippen molar-refractivity contribution in [2.45, 2.75) is 18.9 Å². The molecule has 1 aromatic carbocycles.